The standard InChI is InChI=1S/C12H14BrClF2/c1-3-4-7(2)12(14)8-5-11(16)9(13)6-10(8)15/h5-7,12H,3-4H2,1-2H3. The van der Waals surface area contributed by atoms with E-state index in [9.17, 15) is 8.78 Å². The van der Waals surface area contributed by atoms with Crippen LogP contribution in [0.25, 0.3) is 0 Å². The molecule has 16 heavy (non-hydrogen) atoms. The fraction of sp³-hybridized carbons (Fsp3) is 0.500. The molecule has 0 aromatic heterocycles. The minimum atomic E-state index is -0.484. The fourth-order valence-corrected chi connectivity index (χ4v) is 2.27. The average molecular weight is 312 g/mol. The van der Waals surface area contributed by atoms with Crippen molar-refractivity contribution in [1.29, 1.82) is 0 Å². The van der Waals surface area contributed by atoms with Crippen LogP contribution in [-0.4, -0.2) is 0 Å². The lowest BCUT2D eigenvalue weighted by atomic mass is 9.96. The van der Waals surface area contributed by atoms with Gasteiger partial charge in [-0.25, -0.2) is 8.78 Å². The molecule has 90 valence electrons. The van der Waals surface area contributed by atoms with Gasteiger partial charge < -0.3 is 0 Å². The van der Waals surface area contributed by atoms with E-state index in [1.165, 1.54) is 6.07 Å². The summed E-state index contributed by atoms with van der Waals surface area (Å²) in [5, 5.41) is -0.484. The van der Waals surface area contributed by atoms with E-state index in [1.54, 1.807) is 0 Å². The van der Waals surface area contributed by atoms with Crippen molar-refractivity contribution in [1.82, 2.24) is 0 Å². The predicted molar refractivity (Wildman–Crippen MR) is 66.7 cm³/mol. The van der Waals surface area contributed by atoms with Gasteiger partial charge in [-0.05, 0) is 40.4 Å². The number of alkyl halides is 1. The van der Waals surface area contributed by atoms with Crippen molar-refractivity contribution in [2.45, 2.75) is 32.1 Å². The Kier molecular flexibility index (Phi) is 5.19. The highest BCUT2D eigenvalue weighted by molar-refractivity contribution is 9.10. The van der Waals surface area contributed by atoms with Crippen molar-refractivity contribution in [3.8, 4) is 0 Å². The van der Waals surface area contributed by atoms with Crippen LogP contribution < -0.4 is 0 Å². The number of rotatable bonds is 4. The zero-order valence-electron chi connectivity index (χ0n) is 9.24. The molecule has 4 heteroatoms. The highest BCUT2D eigenvalue weighted by Crippen LogP contribution is 2.35. The second-order valence-corrected chi connectivity index (χ2v) is 5.28. The molecule has 0 aliphatic heterocycles. The molecule has 0 amide bonds. The molecule has 0 spiro atoms. The maximum Gasteiger partial charge on any atom is 0.137 e. The van der Waals surface area contributed by atoms with Gasteiger partial charge in [0, 0.05) is 5.56 Å². The zero-order chi connectivity index (χ0) is 12.3. The Morgan fingerprint density at radius 1 is 1.31 bits per heavy atom. The summed E-state index contributed by atoms with van der Waals surface area (Å²) in [5.74, 6) is -0.816. The highest BCUT2D eigenvalue weighted by atomic mass is 79.9. The van der Waals surface area contributed by atoms with Crippen molar-refractivity contribution >= 4 is 27.5 Å². The third kappa shape index (κ3) is 3.17. The molecule has 0 N–H and O–H groups in total. The first-order valence-corrected chi connectivity index (χ1v) is 6.48. The number of hydrogen-bond donors (Lipinski definition) is 0. The van der Waals surface area contributed by atoms with Crippen LogP contribution >= 0.6 is 27.5 Å². The summed E-state index contributed by atoms with van der Waals surface area (Å²) in [4.78, 5) is 0. The van der Waals surface area contributed by atoms with Crippen LogP contribution in [-0.2, 0) is 0 Å². The SMILES string of the molecule is CCCC(C)C(Cl)c1cc(F)c(Br)cc1F. The van der Waals surface area contributed by atoms with Gasteiger partial charge in [-0.2, -0.15) is 0 Å². The van der Waals surface area contributed by atoms with E-state index < -0.39 is 17.0 Å². The molecule has 0 saturated carbocycles. The lowest BCUT2D eigenvalue weighted by Gasteiger charge is -2.18. The van der Waals surface area contributed by atoms with Gasteiger partial charge in [0.2, 0.25) is 0 Å². The third-order valence-electron chi connectivity index (χ3n) is 2.58. The lowest BCUT2D eigenvalue weighted by Crippen LogP contribution is -2.06. The third-order valence-corrected chi connectivity index (χ3v) is 3.85. The number of hydrogen-bond acceptors (Lipinski definition) is 0. The predicted octanol–water partition coefficient (Wildman–Crippen LogP) is 5.44. The molecule has 0 nitrogen and oxygen atoms in total. The Balaban J connectivity index is 2.99. The quantitative estimate of drug-likeness (QED) is 0.513. The molecule has 0 aliphatic rings. The van der Waals surface area contributed by atoms with E-state index in [0.29, 0.717) is 0 Å². The van der Waals surface area contributed by atoms with E-state index in [4.69, 9.17) is 11.6 Å². The van der Waals surface area contributed by atoms with E-state index >= 15 is 0 Å². The smallest absolute Gasteiger partial charge is 0.137 e. The molecule has 2 atom stereocenters. The fourth-order valence-electron chi connectivity index (χ4n) is 1.66. The first-order chi connectivity index (χ1) is 7.47. The van der Waals surface area contributed by atoms with Crippen molar-refractivity contribution < 1.29 is 8.78 Å². The molecule has 0 heterocycles. The maximum atomic E-state index is 13.6. The Labute approximate surface area is 108 Å². The maximum absolute atomic E-state index is 13.6. The van der Waals surface area contributed by atoms with Gasteiger partial charge in [0.1, 0.15) is 11.6 Å². The molecule has 0 aliphatic carbocycles. The van der Waals surface area contributed by atoms with E-state index in [2.05, 4.69) is 15.9 Å². The highest BCUT2D eigenvalue weighted by Gasteiger charge is 2.21. The number of benzene rings is 1. The minimum absolute atomic E-state index is 0.126. The second kappa shape index (κ2) is 5.97. The van der Waals surface area contributed by atoms with E-state index in [1.807, 2.05) is 13.8 Å². The van der Waals surface area contributed by atoms with Gasteiger partial charge in [0.05, 0.1) is 9.85 Å². The lowest BCUT2D eigenvalue weighted by molar-refractivity contribution is 0.485. The van der Waals surface area contributed by atoms with Crippen LogP contribution in [0, 0.1) is 17.6 Å². The van der Waals surface area contributed by atoms with Crippen LogP contribution in [0.2, 0.25) is 0 Å². The monoisotopic (exact) mass is 310 g/mol. The topological polar surface area (TPSA) is 0 Å². The Morgan fingerprint density at radius 2 is 1.94 bits per heavy atom. The van der Waals surface area contributed by atoms with Gasteiger partial charge in [-0.1, -0.05) is 20.3 Å². The molecular weight excluding hydrogens is 297 g/mol. The summed E-state index contributed by atoms with van der Waals surface area (Å²) in [6.07, 6.45) is 1.87. The summed E-state index contributed by atoms with van der Waals surface area (Å²) in [5.41, 5.74) is 0.239. The summed E-state index contributed by atoms with van der Waals surface area (Å²) in [6.45, 7) is 3.99. The zero-order valence-corrected chi connectivity index (χ0v) is 11.6. The first-order valence-electron chi connectivity index (χ1n) is 5.25. The van der Waals surface area contributed by atoms with Gasteiger partial charge >= 0.3 is 0 Å². The summed E-state index contributed by atoms with van der Waals surface area (Å²) in [6, 6.07) is 2.29. The van der Waals surface area contributed by atoms with E-state index in [-0.39, 0.29) is 16.0 Å². The largest absolute Gasteiger partial charge is 0.207 e. The molecule has 1 rings (SSSR count). The van der Waals surface area contributed by atoms with Crippen LogP contribution in [0.5, 0.6) is 0 Å². The number of halogens is 4. The molecule has 0 radical (unpaired) electrons. The van der Waals surface area contributed by atoms with Crippen LogP contribution in [0.1, 0.15) is 37.6 Å². The molecule has 0 bridgehead atoms. The van der Waals surface area contributed by atoms with Crippen molar-refractivity contribution in [2.24, 2.45) is 5.92 Å². The Bertz CT molecular complexity index is 368. The normalized spacial score (nSPS) is 14.9. The van der Waals surface area contributed by atoms with Crippen molar-refractivity contribution in [2.75, 3.05) is 0 Å². The summed E-state index contributed by atoms with van der Waals surface area (Å²) < 4.78 is 27.0. The second-order valence-electron chi connectivity index (χ2n) is 3.96. The Hall–Kier alpha value is -0.150. The van der Waals surface area contributed by atoms with Crippen molar-refractivity contribution in [3.63, 3.8) is 0 Å². The summed E-state index contributed by atoms with van der Waals surface area (Å²) >= 11 is 9.08. The molecule has 2 unspecified atom stereocenters. The van der Waals surface area contributed by atoms with Crippen LogP contribution in [0.15, 0.2) is 16.6 Å². The molecule has 0 fully saturated rings. The Morgan fingerprint density at radius 3 is 2.50 bits per heavy atom. The van der Waals surface area contributed by atoms with Gasteiger partial charge in [0.25, 0.3) is 0 Å². The van der Waals surface area contributed by atoms with Gasteiger partial charge in [0.15, 0.2) is 0 Å². The van der Waals surface area contributed by atoms with Crippen molar-refractivity contribution in [3.05, 3.63) is 33.8 Å². The molecule has 1 aromatic carbocycles. The first kappa shape index (κ1) is 13.9. The van der Waals surface area contributed by atoms with Crippen LogP contribution in [0.4, 0.5) is 8.78 Å². The molecule has 1 aromatic rings. The van der Waals surface area contributed by atoms with Gasteiger partial charge in [-0.3, -0.25) is 0 Å². The van der Waals surface area contributed by atoms with Crippen LogP contribution in [0.3, 0.4) is 0 Å². The molecule has 0 saturated heterocycles. The average Bonchev–Trinajstić information content (AvgIpc) is 2.23. The molecular formula is C12H14BrClF2. The minimum Gasteiger partial charge on any atom is -0.207 e. The van der Waals surface area contributed by atoms with Gasteiger partial charge in [-0.15, -0.1) is 11.6 Å². The summed E-state index contributed by atoms with van der Waals surface area (Å²) in [7, 11) is 0. The van der Waals surface area contributed by atoms with E-state index in [0.717, 1.165) is 18.9 Å².